The molecule has 0 amide bonds. The summed E-state index contributed by atoms with van der Waals surface area (Å²) in [6.07, 6.45) is 6.21. The molecular weight excluding hydrogens is 292 g/mol. The van der Waals surface area contributed by atoms with Crippen LogP contribution in [0.5, 0.6) is 0 Å². The van der Waals surface area contributed by atoms with Crippen LogP contribution in [0.2, 0.25) is 0 Å². The van der Waals surface area contributed by atoms with Crippen LogP contribution in [-0.2, 0) is 11.2 Å². The maximum Gasteiger partial charge on any atom is 0.158 e. The van der Waals surface area contributed by atoms with Gasteiger partial charge in [0.2, 0.25) is 0 Å². The molecule has 1 aliphatic heterocycles. The van der Waals surface area contributed by atoms with Crippen LogP contribution >= 0.6 is 15.9 Å². The standard InChI is InChI=1S/C14H19BrN2O/c1-2-6-14(7-3-8-17-14)13(18)9-12-5-4-11(15)10-16-12/h4-5,10,17H,2-3,6-9H2,1H3. The molecule has 4 heteroatoms. The largest absolute Gasteiger partial charge is 0.305 e. The minimum absolute atomic E-state index is 0.288. The van der Waals surface area contributed by atoms with Gasteiger partial charge < -0.3 is 5.32 Å². The van der Waals surface area contributed by atoms with E-state index in [9.17, 15) is 4.79 Å². The van der Waals surface area contributed by atoms with Crippen LogP contribution in [0.1, 0.15) is 38.3 Å². The van der Waals surface area contributed by atoms with Crippen LogP contribution in [0.3, 0.4) is 0 Å². The molecule has 1 aromatic heterocycles. The third-order valence-electron chi connectivity index (χ3n) is 3.58. The van der Waals surface area contributed by atoms with Crippen molar-refractivity contribution >= 4 is 21.7 Å². The Morgan fingerprint density at radius 1 is 1.56 bits per heavy atom. The van der Waals surface area contributed by atoms with Gasteiger partial charge in [0, 0.05) is 16.4 Å². The van der Waals surface area contributed by atoms with Gasteiger partial charge in [-0.2, -0.15) is 0 Å². The molecule has 0 radical (unpaired) electrons. The molecule has 1 aliphatic rings. The highest BCUT2D eigenvalue weighted by molar-refractivity contribution is 9.10. The summed E-state index contributed by atoms with van der Waals surface area (Å²) in [6, 6.07) is 3.85. The predicted octanol–water partition coefficient (Wildman–Crippen LogP) is 2.88. The third-order valence-corrected chi connectivity index (χ3v) is 4.05. The average Bonchev–Trinajstić information content (AvgIpc) is 2.82. The Hall–Kier alpha value is -0.740. The number of halogens is 1. The number of rotatable bonds is 5. The summed E-state index contributed by atoms with van der Waals surface area (Å²) in [5.41, 5.74) is 0.566. The normalized spacial score (nSPS) is 23.2. The topological polar surface area (TPSA) is 42.0 Å². The Bertz CT molecular complexity index is 410. The lowest BCUT2D eigenvalue weighted by Gasteiger charge is -2.27. The molecule has 2 heterocycles. The van der Waals surface area contributed by atoms with Gasteiger partial charge in [-0.05, 0) is 53.9 Å². The maximum absolute atomic E-state index is 12.5. The van der Waals surface area contributed by atoms with Gasteiger partial charge in [0.25, 0.3) is 0 Å². The molecule has 0 saturated carbocycles. The summed E-state index contributed by atoms with van der Waals surface area (Å²) in [4.78, 5) is 16.8. The van der Waals surface area contributed by atoms with Crippen molar-refractivity contribution in [2.75, 3.05) is 6.54 Å². The number of nitrogens with one attached hydrogen (secondary N) is 1. The second kappa shape index (κ2) is 5.93. The molecule has 3 nitrogen and oxygen atoms in total. The smallest absolute Gasteiger partial charge is 0.158 e. The fourth-order valence-corrected chi connectivity index (χ4v) is 2.90. The van der Waals surface area contributed by atoms with Crippen molar-refractivity contribution < 1.29 is 4.79 Å². The number of aromatic nitrogens is 1. The van der Waals surface area contributed by atoms with Crippen molar-refractivity contribution in [1.82, 2.24) is 10.3 Å². The zero-order chi connectivity index (χ0) is 13.0. The van der Waals surface area contributed by atoms with Crippen LogP contribution in [0.4, 0.5) is 0 Å². The Morgan fingerprint density at radius 3 is 2.94 bits per heavy atom. The Labute approximate surface area is 117 Å². The number of carbonyl (C=O) groups excluding carboxylic acids is 1. The summed E-state index contributed by atoms with van der Waals surface area (Å²) in [6.45, 7) is 3.09. The van der Waals surface area contributed by atoms with Gasteiger partial charge in [-0.15, -0.1) is 0 Å². The van der Waals surface area contributed by atoms with Crippen LogP contribution < -0.4 is 5.32 Å². The van der Waals surface area contributed by atoms with E-state index >= 15 is 0 Å². The van der Waals surface area contributed by atoms with Gasteiger partial charge in [-0.3, -0.25) is 9.78 Å². The highest BCUT2D eigenvalue weighted by Gasteiger charge is 2.39. The molecule has 0 aliphatic carbocycles. The fraction of sp³-hybridized carbons (Fsp3) is 0.571. The molecule has 18 heavy (non-hydrogen) atoms. The maximum atomic E-state index is 12.5. The minimum atomic E-state index is -0.288. The molecule has 1 saturated heterocycles. The molecule has 1 unspecified atom stereocenters. The van der Waals surface area contributed by atoms with Crippen molar-refractivity contribution in [3.63, 3.8) is 0 Å². The number of nitrogens with zero attached hydrogens (tertiary/aromatic N) is 1. The molecule has 98 valence electrons. The monoisotopic (exact) mass is 310 g/mol. The van der Waals surface area contributed by atoms with E-state index in [1.807, 2.05) is 12.1 Å². The second-order valence-electron chi connectivity index (χ2n) is 4.93. The number of pyridine rings is 1. The van der Waals surface area contributed by atoms with E-state index in [-0.39, 0.29) is 11.3 Å². The number of carbonyl (C=O) groups is 1. The van der Waals surface area contributed by atoms with Gasteiger partial charge in [0.15, 0.2) is 5.78 Å². The van der Waals surface area contributed by atoms with E-state index < -0.39 is 0 Å². The molecular formula is C14H19BrN2O. The number of ketones is 1. The Balaban J connectivity index is 2.07. The molecule has 1 fully saturated rings. The van der Waals surface area contributed by atoms with E-state index in [2.05, 4.69) is 33.2 Å². The SMILES string of the molecule is CCCC1(C(=O)Cc2ccc(Br)cn2)CCCN1. The highest BCUT2D eigenvalue weighted by Crippen LogP contribution is 2.27. The lowest BCUT2D eigenvalue weighted by Crippen LogP contribution is -2.48. The van der Waals surface area contributed by atoms with Gasteiger partial charge in [0.1, 0.15) is 0 Å². The quantitative estimate of drug-likeness (QED) is 0.909. The van der Waals surface area contributed by atoms with Gasteiger partial charge >= 0.3 is 0 Å². The molecule has 0 spiro atoms. The first-order valence-corrected chi connectivity index (χ1v) is 7.34. The van der Waals surface area contributed by atoms with Crippen LogP contribution in [0.25, 0.3) is 0 Å². The van der Waals surface area contributed by atoms with Crippen molar-refractivity contribution in [3.05, 3.63) is 28.5 Å². The minimum Gasteiger partial charge on any atom is -0.305 e. The molecule has 1 N–H and O–H groups in total. The lowest BCUT2D eigenvalue weighted by molar-refractivity contribution is -0.124. The van der Waals surface area contributed by atoms with E-state index in [4.69, 9.17) is 0 Å². The molecule has 2 rings (SSSR count). The Kier molecular flexibility index (Phi) is 4.51. The van der Waals surface area contributed by atoms with Crippen LogP contribution in [-0.4, -0.2) is 22.9 Å². The lowest BCUT2D eigenvalue weighted by atomic mass is 9.85. The first kappa shape index (κ1) is 13.7. The van der Waals surface area contributed by atoms with Gasteiger partial charge in [-0.25, -0.2) is 0 Å². The average molecular weight is 311 g/mol. The van der Waals surface area contributed by atoms with E-state index in [0.29, 0.717) is 6.42 Å². The van der Waals surface area contributed by atoms with Crippen LogP contribution in [0, 0.1) is 0 Å². The number of Topliss-reactive ketones (excluding diaryl/α,β-unsaturated/α-hetero) is 1. The first-order valence-electron chi connectivity index (χ1n) is 6.55. The summed E-state index contributed by atoms with van der Waals surface area (Å²) < 4.78 is 0.945. The highest BCUT2D eigenvalue weighted by atomic mass is 79.9. The van der Waals surface area contributed by atoms with E-state index in [1.165, 1.54) is 0 Å². The van der Waals surface area contributed by atoms with Crippen molar-refractivity contribution in [3.8, 4) is 0 Å². The molecule has 1 aromatic rings. The van der Waals surface area contributed by atoms with Gasteiger partial charge in [-0.1, -0.05) is 13.3 Å². The van der Waals surface area contributed by atoms with Crippen molar-refractivity contribution in [2.24, 2.45) is 0 Å². The summed E-state index contributed by atoms with van der Waals surface area (Å²) >= 11 is 3.35. The predicted molar refractivity (Wildman–Crippen MR) is 75.5 cm³/mol. The van der Waals surface area contributed by atoms with E-state index in [0.717, 1.165) is 42.4 Å². The van der Waals surface area contributed by atoms with Crippen molar-refractivity contribution in [2.45, 2.75) is 44.6 Å². The molecule has 1 atom stereocenters. The summed E-state index contributed by atoms with van der Waals surface area (Å²) in [5.74, 6) is 0.289. The molecule has 0 bridgehead atoms. The summed E-state index contributed by atoms with van der Waals surface area (Å²) in [7, 11) is 0. The zero-order valence-corrected chi connectivity index (χ0v) is 12.3. The Morgan fingerprint density at radius 2 is 2.39 bits per heavy atom. The first-order chi connectivity index (χ1) is 8.66. The van der Waals surface area contributed by atoms with E-state index in [1.54, 1.807) is 6.20 Å². The second-order valence-corrected chi connectivity index (χ2v) is 5.85. The van der Waals surface area contributed by atoms with Crippen molar-refractivity contribution in [1.29, 1.82) is 0 Å². The number of hydrogen-bond acceptors (Lipinski definition) is 3. The number of hydrogen-bond donors (Lipinski definition) is 1. The van der Waals surface area contributed by atoms with Gasteiger partial charge in [0.05, 0.1) is 12.0 Å². The third kappa shape index (κ3) is 2.98. The zero-order valence-electron chi connectivity index (χ0n) is 10.7. The molecule has 0 aromatic carbocycles. The van der Waals surface area contributed by atoms with Crippen LogP contribution in [0.15, 0.2) is 22.8 Å². The summed E-state index contributed by atoms with van der Waals surface area (Å²) in [5, 5.41) is 3.42. The fourth-order valence-electron chi connectivity index (χ4n) is 2.67.